The molecule has 0 heterocycles. The van der Waals surface area contributed by atoms with Crippen molar-refractivity contribution >= 4 is 21.6 Å². The number of unbranched alkanes of at least 4 members (excludes halogenated alkanes) is 5. The summed E-state index contributed by atoms with van der Waals surface area (Å²) in [5.41, 5.74) is 0.514. The SMILES string of the molecule is CCCCCC/C=C/CCSSCCCCC(C)(C)C. The zero-order valence-corrected chi connectivity index (χ0v) is 15.9. The lowest BCUT2D eigenvalue weighted by atomic mass is 9.90. The van der Waals surface area contributed by atoms with E-state index in [0.717, 1.165) is 0 Å². The van der Waals surface area contributed by atoms with Gasteiger partial charge in [0.15, 0.2) is 0 Å². The Hall–Kier alpha value is 0.440. The Bertz CT molecular complexity index is 216. The van der Waals surface area contributed by atoms with Crippen molar-refractivity contribution in [3.8, 4) is 0 Å². The maximum absolute atomic E-state index is 2.38. The molecule has 0 spiro atoms. The Balaban J connectivity index is 3.11. The second-order valence-corrected chi connectivity index (χ2v) is 9.47. The largest absolute Gasteiger partial charge is 0.0941 e. The Morgan fingerprint density at radius 3 is 2.15 bits per heavy atom. The molecule has 0 saturated heterocycles. The number of hydrogen-bond acceptors (Lipinski definition) is 2. The van der Waals surface area contributed by atoms with Gasteiger partial charge in [-0.05, 0) is 37.5 Å². The molecule has 0 aliphatic heterocycles. The Kier molecular flexibility index (Phi) is 14.7. The van der Waals surface area contributed by atoms with Gasteiger partial charge in [-0.1, -0.05) is 87.1 Å². The van der Waals surface area contributed by atoms with Gasteiger partial charge in [0.1, 0.15) is 0 Å². The molecule has 0 aromatic heterocycles. The van der Waals surface area contributed by atoms with Gasteiger partial charge in [-0.3, -0.25) is 0 Å². The molecule has 0 atom stereocenters. The Morgan fingerprint density at radius 1 is 0.750 bits per heavy atom. The van der Waals surface area contributed by atoms with Crippen LogP contribution in [0.5, 0.6) is 0 Å². The monoisotopic (exact) mass is 316 g/mol. The van der Waals surface area contributed by atoms with Crippen LogP contribution in [0.1, 0.15) is 85.5 Å². The van der Waals surface area contributed by atoms with E-state index in [1.54, 1.807) is 0 Å². The highest BCUT2D eigenvalue weighted by Crippen LogP contribution is 2.26. The summed E-state index contributed by atoms with van der Waals surface area (Å²) < 4.78 is 0. The van der Waals surface area contributed by atoms with E-state index < -0.39 is 0 Å². The standard InChI is InChI=1S/C18H36S2/c1-5-6-7-8-9-10-11-13-16-19-20-17-14-12-15-18(2,3)4/h10-11H,5-9,12-17H2,1-4H3/b11-10+. The molecule has 0 saturated carbocycles. The first-order chi connectivity index (χ1) is 9.56. The zero-order chi connectivity index (χ0) is 15.1. The maximum atomic E-state index is 2.38. The van der Waals surface area contributed by atoms with Gasteiger partial charge in [-0.25, -0.2) is 0 Å². The third-order valence-corrected chi connectivity index (χ3v) is 5.77. The molecule has 0 N–H and O–H groups in total. The van der Waals surface area contributed by atoms with Crippen LogP contribution in [0.3, 0.4) is 0 Å². The molecular formula is C18H36S2. The predicted molar refractivity (Wildman–Crippen MR) is 101 cm³/mol. The highest BCUT2D eigenvalue weighted by atomic mass is 33.1. The molecule has 0 aromatic rings. The minimum atomic E-state index is 0.514. The van der Waals surface area contributed by atoms with Crippen molar-refractivity contribution in [3.05, 3.63) is 12.2 Å². The van der Waals surface area contributed by atoms with E-state index in [2.05, 4.69) is 50.6 Å². The van der Waals surface area contributed by atoms with Crippen LogP contribution < -0.4 is 0 Å². The van der Waals surface area contributed by atoms with Gasteiger partial charge < -0.3 is 0 Å². The first kappa shape index (κ1) is 20.4. The maximum Gasteiger partial charge on any atom is 0.00715 e. The normalized spacial score (nSPS) is 12.4. The van der Waals surface area contributed by atoms with E-state index in [-0.39, 0.29) is 0 Å². The van der Waals surface area contributed by atoms with Gasteiger partial charge >= 0.3 is 0 Å². The van der Waals surface area contributed by atoms with Crippen molar-refractivity contribution in [3.63, 3.8) is 0 Å². The second kappa shape index (κ2) is 14.4. The van der Waals surface area contributed by atoms with E-state index in [4.69, 9.17) is 0 Å². The Morgan fingerprint density at radius 2 is 1.45 bits per heavy atom. The average molecular weight is 317 g/mol. The van der Waals surface area contributed by atoms with Crippen LogP contribution in [0.15, 0.2) is 12.2 Å². The fourth-order valence-electron chi connectivity index (χ4n) is 1.97. The molecule has 0 amide bonds. The lowest BCUT2D eigenvalue weighted by Gasteiger charge is -2.17. The lowest BCUT2D eigenvalue weighted by Crippen LogP contribution is -2.04. The Labute approximate surface area is 136 Å². The first-order valence-electron chi connectivity index (χ1n) is 8.45. The summed E-state index contributed by atoms with van der Waals surface area (Å²) >= 11 is 0. The van der Waals surface area contributed by atoms with Crippen molar-refractivity contribution in [2.24, 2.45) is 5.41 Å². The van der Waals surface area contributed by atoms with Crippen LogP contribution in [-0.2, 0) is 0 Å². The van der Waals surface area contributed by atoms with Gasteiger partial charge in [0, 0.05) is 11.5 Å². The van der Waals surface area contributed by atoms with Crippen LogP contribution in [0.25, 0.3) is 0 Å². The van der Waals surface area contributed by atoms with Crippen molar-refractivity contribution < 1.29 is 0 Å². The molecule has 20 heavy (non-hydrogen) atoms. The molecule has 120 valence electrons. The molecule has 0 rings (SSSR count). The molecule has 0 radical (unpaired) electrons. The molecule has 2 heteroatoms. The van der Waals surface area contributed by atoms with Crippen molar-refractivity contribution in [2.75, 3.05) is 11.5 Å². The fraction of sp³-hybridized carbons (Fsp3) is 0.889. The van der Waals surface area contributed by atoms with E-state index in [1.165, 1.54) is 69.3 Å². The average Bonchev–Trinajstić information content (AvgIpc) is 2.38. The molecule has 0 aromatic carbocycles. The smallest absolute Gasteiger partial charge is 0.00715 e. The predicted octanol–water partition coefficient (Wildman–Crippen LogP) is 7.50. The van der Waals surface area contributed by atoms with E-state index in [0.29, 0.717) is 5.41 Å². The summed E-state index contributed by atoms with van der Waals surface area (Å²) in [5.74, 6) is 2.59. The summed E-state index contributed by atoms with van der Waals surface area (Å²) in [4.78, 5) is 0. The molecular weight excluding hydrogens is 280 g/mol. The number of hydrogen-bond donors (Lipinski definition) is 0. The van der Waals surface area contributed by atoms with Crippen LogP contribution >= 0.6 is 21.6 Å². The van der Waals surface area contributed by atoms with Crippen LogP contribution in [0.4, 0.5) is 0 Å². The third-order valence-electron chi connectivity index (χ3n) is 3.25. The summed E-state index contributed by atoms with van der Waals surface area (Å²) in [7, 11) is 4.11. The zero-order valence-electron chi connectivity index (χ0n) is 14.2. The van der Waals surface area contributed by atoms with E-state index in [9.17, 15) is 0 Å². The minimum Gasteiger partial charge on any atom is -0.0941 e. The molecule has 0 aliphatic rings. The topological polar surface area (TPSA) is 0 Å². The second-order valence-electron chi connectivity index (χ2n) is 6.77. The molecule has 0 fully saturated rings. The molecule has 0 bridgehead atoms. The summed E-state index contributed by atoms with van der Waals surface area (Å²) in [6, 6.07) is 0. The minimum absolute atomic E-state index is 0.514. The highest BCUT2D eigenvalue weighted by Gasteiger charge is 2.08. The third kappa shape index (κ3) is 18.4. The van der Waals surface area contributed by atoms with Crippen LogP contribution in [0.2, 0.25) is 0 Å². The quantitative estimate of drug-likeness (QED) is 0.196. The van der Waals surface area contributed by atoms with Crippen molar-refractivity contribution in [1.29, 1.82) is 0 Å². The first-order valence-corrected chi connectivity index (χ1v) is 10.9. The van der Waals surface area contributed by atoms with Gasteiger partial charge in [-0.15, -0.1) is 0 Å². The van der Waals surface area contributed by atoms with Crippen LogP contribution in [0, 0.1) is 5.41 Å². The van der Waals surface area contributed by atoms with Crippen molar-refractivity contribution in [2.45, 2.75) is 85.5 Å². The molecule has 0 aliphatic carbocycles. The number of allylic oxidation sites excluding steroid dienone is 2. The van der Waals surface area contributed by atoms with Gasteiger partial charge in [0.2, 0.25) is 0 Å². The highest BCUT2D eigenvalue weighted by molar-refractivity contribution is 8.76. The van der Waals surface area contributed by atoms with Crippen molar-refractivity contribution in [1.82, 2.24) is 0 Å². The fourth-order valence-corrected chi connectivity index (χ4v) is 4.11. The molecule has 0 nitrogen and oxygen atoms in total. The number of rotatable bonds is 13. The van der Waals surface area contributed by atoms with E-state index >= 15 is 0 Å². The van der Waals surface area contributed by atoms with E-state index in [1.807, 2.05) is 10.8 Å². The molecule has 0 unspecified atom stereocenters. The van der Waals surface area contributed by atoms with Gasteiger partial charge in [0.05, 0.1) is 0 Å². The summed E-state index contributed by atoms with van der Waals surface area (Å²) in [5, 5.41) is 0. The lowest BCUT2D eigenvalue weighted by molar-refractivity contribution is 0.364. The van der Waals surface area contributed by atoms with Crippen LogP contribution in [-0.4, -0.2) is 11.5 Å². The summed E-state index contributed by atoms with van der Waals surface area (Å²) in [6.07, 6.45) is 16.9. The summed E-state index contributed by atoms with van der Waals surface area (Å²) in [6.45, 7) is 9.28. The van der Waals surface area contributed by atoms with Gasteiger partial charge in [-0.2, -0.15) is 0 Å². The van der Waals surface area contributed by atoms with Gasteiger partial charge in [0.25, 0.3) is 0 Å².